The minimum atomic E-state index is -0.132. The summed E-state index contributed by atoms with van der Waals surface area (Å²) in [7, 11) is 0. The molecule has 36 heavy (non-hydrogen) atoms. The minimum Gasteiger partial charge on any atom is -0.374 e. The first-order valence-corrected chi connectivity index (χ1v) is 12.7. The summed E-state index contributed by atoms with van der Waals surface area (Å²) < 4.78 is 1.78. The van der Waals surface area contributed by atoms with Crippen molar-refractivity contribution < 1.29 is 9.59 Å². The molecule has 184 valence electrons. The summed E-state index contributed by atoms with van der Waals surface area (Å²) >= 11 is 6.59. The molecule has 0 spiro atoms. The molecule has 3 heterocycles. The van der Waals surface area contributed by atoms with Crippen molar-refractivity contribution in [2.24, 2.45) is 0 Å². The van der Waals surface area contributed by atoms with Gasteiger partial charge in [0.25, 0.3) is 11.8 Å². The molecule has 0 bridgehead atoms. The fourth-order valence-corrected chi connectivity index (χ4v) is 5.25. The number of nitrogens with zero attached hydrogens (tertiary/aromatic N) is 5. The molecule has 2 atom stereocenters. The Hall–Kier alpha value is -3.65. The number of carbonyl (C=O) groups is 2. The van der Waals surface area contributed by atoms with Crippen LogP contribution in [0.1, 0.15) is 63.8 Å². The van der Waals surface area contributed by atoms with Gasteiger partial charge in [0.05, 0.1) is 18.3 Å². The van der Waals surface area contributed by atoms with Crippen molar-refractivity contribution in [3.8, 4) is 0 Å². The van der Waals surface area contributed by atoms with Gasteiger partial charge >= 0.3 is 0 Å². The number of hydrogen-bond acceptors (Lipinski definition) is 5. The maximum absolute atomic E-state index is 13.4. The van der Waals surface area contributed by atoms with E-state index < -0.39 is 0 Å². The van der Waals surface area contributed by atoms with Gasteiger partial charge in [-0.3, -0.25) is 9.59 Å². The zero-order valence-electron chi connectivity index (χ0n) is 20.0. The third kappa shape index (κ3) is 4.26. The van der Waals surface area contributed by atoms with E-state index in [2.05, 4.69) is 15.6 Å². The van der Waals surface area contributed by atoms with Gasteiger partial charge in [-0.2, -0.15) is 0 Å². The molecular weight excluding hydrogens is 476 g/mol. The van der Waals surface area contributed by atoms with Crippen LogP contribution in [0.25, 0.3) is 5.03 Å². The maximum Gasteiger partial charge on any atom is 0.276 e. The van der Waals surface area contributed by atoms with Crippen molar-refractivity contribution in [3.05, 3.63) is 83.2 Å². The third-order valence-electron chi connectivity index (χ3n) is 7.13. The Balaban J connectivity index is 1.15. The summed E-state index contributed by atoms with van der Waals surface area (Å²) in [5.74, 6) is -0.187. The molecule has 2 amide bonds. The molecule has 0 radical (unpaired) electrons. The van der Waals surface area contributed by atoms with Crippen molar-refractivity contribution in [3.63, 3.8) is 0 Å². The molecule has 3 aromatic rings. The van der Waals surface area contributed by atoms with Crippen LogP contribution in [0.5, 0.6) is 0 Å². The van der Waals surface area contributed by atoms with Gasteiger partial charge in [0.1, 0.15) is 0 Å². The number of fused-ring (bicyclic) bond motifs is 1. The summed E-state index contributed by atoms with van der Waals surface area (Å²) in [5.41, 5.74) is 3.78. The highest BCUT2D eigenvalue weighted by molar-refractivity contribution is 6.49. The largest absolute Gasteiger partial charge is 0.374 e. The minimum absolute atomic E-state index is 0.0554. The highest BCUT2D eigenvalue weighted by Crippen LogP contribution is 2.38. The third-order valence-corrected chi connectivity index (χ3v) is 7.46. The molecular formula is C27H27ClN6O2. The van der Waals surface area contributed by atoms with Crippen LogP contribution >= 0.6 is 11.6 Å². The van der Waals surface area contributed by atoms with E-state index in [1.165, 1.54) is 0 Å². The maximum atomic E-state index is 13.4. The summed E-state index contributed by atoms with van der Waals surface area (Å²) in [4.78, 5) is 30.0. The van der Waals surface area contributed by atoms with E-state index in [1.807, 2.05) is 66.4 Å². The Labute approximate surface area is 214 Å². The molecule has 8 nitrogen and oxygen atoms in total. The van der Waals surface area contributed by atoms with E-state index in [4.69, 9.17) is 11.6 Å². The fraction of sp³-hybridized carbons (Fsp3) is 0.333. The van der Waals surface area contributed by atoms with Crippen LogP contribution in [0, 0.1) is 0 Å². The standard InChI is InChI=1S/C27H27ClN6O2/c1-17-15-32(11-12-33(17)27(36)25-16-34(31-30-25)20-8-9-20)26(35)19-7-10-21-22(28)14-23(29-24(21)13-19)18-5-3-2-4-6-18/h2-7,10,13-14,16-17,20,23,29H,8-9,11-12,15H2,1H3/t17-,23?/m1/s1. The lowest BCUT2D eigenvalue weighted by atomic mass is 9.98. The summed E-state index contributed by atoms with van der Waals surface area (Å²) in [6.07, 6.45) is 5.90. The van der Waals surface area contributed by atoms with E-state index in [0.717, 1.165) is 29.7 Å². The smallest absolute Gasteiger partial charge is 0.276 e. The number of piperazine rings is 1. The van der Waals surface area contributed by atoms with E-state index in [-0.39, 0.29) is 23.9 Å². The van der Waals surface area contributed by atoms with Gasteiger partial charge < -0.3 is 15.1 Å². The molecule has 1 aromatic heterocycles. The van der Waals surface area contributed by atoms with Crippen molar-refractivity contribution in [2.45, 2.75) is 37.9 Å². The second kappa shape index (κ2) is 9.09. The van der Waals surface area contributed by atoms with Crippen LogP contribution in [0.3, 0.4) is 0 Å². The molecule has 2 aliphatic heterocycles. The Kier molecular flexibility index (Phi) is 5.76. The average Bonchev–Trinajstić information content (AvgIpc) is 3.64. The van der Waals surface area contributed by atoms with Crippen molar-refractivity contribution >= 4 is 34.1 Å². The lowest BCUT2D eigenvalue weighted by molar-refractivity contribution is 0.0411. The van der Waals surface area contributed by atoms with E-state index in [0.29, 0.717) is 42.0 Å². The highest BCUT2D eigenvalue weighted by atomic mass is 35.5. The van der Waals surface area contributed by atoms with Crippen molar-refractivity contribution in [1.82, 2.24) is 24.8 Å². The number of aromatic nitrogens is 3. The van der Waals surface area contributed by atoms with Gasteiger partial charge in [-0.25, -0.2) is 4.68 Å². The molecule has 1 N–H and O–H groups in total. The predicted molar refractivity (Wildman–Crippen MR) is 138 cm³/mol. The quantitative estimate of drug-likeness (QED) is 0.573. The number of amides is 2. The summed E-state index contributed by atoms with van der Waals surface area (Å²) in [6.45, 7) is 3.34. The van der Waals surface area contributed by atoms with Crippen LogP contribution < -0.4 is 5.32 Å². The average molecular weight is 503 g/mol. The summed E-state index contributed by atoms with van der Waals surface area (Å²) in [5, 5.41) is 12.4. The Morgan fingerprint density at radius 1 is 1.06 bits per heavy atom. The fourth-order valence-electron chi connectivity index (χ4n) is 4.96. The van der Waals surface area contributed by atoms with Crippen LogP contribution in [0.2, 0.25) is 0 Å². The topological polar surface area (TPSA) is 83.4 Å². The van der Waals surface area contributed by atoms with Gasteiger partial charge in [-0.1, -0.05) is 53.2 Å². The molecule has 1 unspecified atom stereocenters. The zero-order chi connectivity index (χ0) is 24.8. The second-order valence-corrected chi connectivity index (χ2v) is 10.1. The van der Waals surface area contributed by atoms with Gasteiger partial charge in [-0.05, 0) is 43.5 Å². The number of benzene rings is 2. The number of carbonyl (C=O) groups excluding carboxylic acids is 2. The first-order chi connectivity index (χ1) is 17.5. The molecule has 2 fully saturated rings. The molecule has 1 aliphatic carbocycles. The SMILES string of the molecule is C[C@@H]1CN(C(=O)c2ccc3c(c2)NC(c2ccccc2)C=C3Cl)CCN1C(=O)c1cn(C2CC2)nn1. The Morgan fingerprint density at radius 3 is 2.61 bits per heavy atom. The Bertz CT molecular complexity index is 1350. The van der Waals surface area contributed by atoms with E-state index >= 15 is 0 Å². The molecule has 2 aromatic carbocycles. The normalized spacial score (nSPS) is 21.4. The lowest BCUT2D eigenvalue weighted by Gasteiger charge is -2.39. The van der Waals surface area contributed by atoms with E-state index in [1.54, 1.807) is 15.8 Å². The van der Waals surface area contributed by atoms with Gasteiger partial charge in [-0.15, -0.1) is 5.10 Å². The molecule has 9 heteroatoms. The van der Waals surface area contributed by atoms with Gasteiger partial charge in [0, 0.05) is 47.5 Å². The highest BCUT2D eigenvalue weighted by Gasteiger charge is 2.33. The van der Waals surface area contributed by atoms with Crippen molar-refractivity contribution in [2.75, 3.05) is 25.0 Å². The second-order valence-electron chi connectivity index (χ2n) is 9.72. The number of anilines is 1. The van der Waals surface area contributed by atoms with Gasteiger partial charge in [0.15, 0.2) is 5.69 Å². The molecule has 6 rings (SSSR count). The first-order valence-electron chi connectivity index (χ1n) is 12.3. The van der Waals surface area contributed by atoms with Gasteiger partial charge in [0.2, 0.25) is 0 Å². The predicted octanol–water partition coefficient (Wildman–Crippen LogP) is 4.35. The van der Waals surface area contributed by atoms with Crippen LogP contribution in [-0.4, -0.2) is 62.3 Å². The van der Waals surface area contributed by atoms with E-state index in [9.17, 15) is 9.59 Å². The van der Waals surface area contributed by atoms with Crippen molar-refractivity contribution in [1.29, 1.82) is 0 Å². The number of rotatable bonds is 4. The monoisotopic (exact) mass is 502 g/mol. The van der Waals surface area contributed by atoms with Crippen LogP contribution in [-0.2, 0) is 0 Å². The lowest BCUT2D eigenvalue weighted by Crippen LogP contribution is -2.55. The molecule has 1 saturated carbocycles. The zero-order valence-corrected chi connectivity index (χ0v) is 20.7. The van der Waals surface area contributed by atoms with Crippen LogP contribution in [0.15, 0.2) is 60.8 Å². The molecule has 1 saturated heterocycles. The first kappa shape index (κ1) is 22.8. The molecule has 3 aliphatic rings. The summed E-state index contributed by atoms with van der Waals surface area (Å²) in [6, 6.07) is 15.8. The van der Waals surface area contributed by atoms with Crippen LogP contribution in [0.4, 0.5) is 5.69 Å². The Morgan fingerprint density at radius 2 is 1.86 bits per heavy atom. The number of nitrogens with one attached hydrogen (secondary N) is 1. The number of hydrogen-bond donors (Lipinski definition) is 1. The number of halogens is 1.